The number of aliphatic imine (C=N–C) groups is 2. The van der Waals surface area contributed by atoms with E-state index in [0.29, 0.717) is 41.8 Å². The number of carbonyl (C=O) groups is 1. The summed E-state index contributed by atoms with van der Waals surface area (Å²) in [5.74, 6) is 2.11. The molecule has 26 heavy (non-hydrogen) atoms. The summed E-state index contributed by atoms with van der Waals surface area (Å²) in [5.41, 5.74) is 1.89. The van der Waals surface area contributed by atoms with Crippen LogP contribution in [0, 0.1) is 0 Å². The summed E-state index contributed by atoms with van der Waals surface area (Å²) in [6, 6.07) is 7.04. The predicted octanol–water partition coefficient (Wildman–Crippen LogP) is 1.59. The maximum absolute atomic E-state index is 12.5. The van der Waals surface area contributed by atoms with Crippen molar-refractivity contribution in [2.45, 2.75) is 0 Å². The summed E-state index contributed by atoms with van der Waals surface area (Å²) in [4.78, 5) is 27.6. The summed E-state index contributed by atoms with van der Waals surface area (Å²) in [5, 5.41) is 2.86. The summed E-state index contributed by atoms with van der Waals surface area (Å²) in [7, 11) is 3.17. The summed E-state index contributed by atoms with van der Waals surface area (Å²) >= 11 is 0. The lowest BCUT2D eigenvalue weighted by Crippen LogP contribution is -2.47. The number of rotatable bonds is 3. The first kappa shape index (κ1) is 16.1. The number of guanidine groups is 1. The highest BCUT2D eigenvalue weighted by Crippen LogP contribution is 2.39. The molecule has 0 saturated carbocycles. The Bertz CT molecular complexity index is 924. The highest BCUT2D eigenvalue weighted by atomic mass is 16.5. The Morgan fingerprint density at radius 1 is 1.27 bits per heavy atom. The normalized spacial score (nSPS) is 14.8. The number of methoxy groups -OCH3 is 2. The van der Waals surface area contributed by atoms with Crippen LogP contribution in [0.1, 0.15) is 15.9 Å². The quantitative estimate of drug-likeness (QED) is 0.907. The van der Waals surface area contributed by atoms with Crippen LogP contribution in [0.3, 0.4) is 0 Å². The van der Waals surface area contributed by atoms with Crippen LogP contribution in [0.5, 0.6) is 11.5 Å². The van der Waals surface area contributed by atoms with Crippen LogP contribution in [0.25, 0.3) is 0 Å². The Balaban J connectivity index is 1.76. The molecule has 8 heteroatoms. The van der Waals surface area contributed by atoms with E-state index in [1.807, 2.05) is 11.0 Å². The monoisotopic (exact) mass is 351 g/mol. The largest absolute Gasteiger partial charge is 0.497 e. The topological polar surface area (TPSA) is 88.4 Å². The summed E-state index contributed by atoms with van der Waals surface area (Å²) < 4.78 is 10.8. The van der Waals surface area contributed by atoms with Gasteiger partial charge in [0.25, 0.3) is 5.91 Å². The molecule has 0 aliphatic carbocycles. The van der Waals surface area contributed by atoms with E-state index < -0.39 is 0 Å². The molecular formula is C18H17N5O3. The molecule has 0 radical (unpaired) electrons. The Hall–Kier alpha value is -3.42. The molecule has 2 aliphatic rings. The number of nitrogens with zero attached hydrogens (tertiary/aromatic N) is 4. The predicted molar refractivity (Wildman–Crippen MR) is 96.5 cm³/mol. The second-order valence-electron chi connectivity index (χ2n) is 5.71. The Morgan fingerprint density at radius 3 is 2.88 bits per heavy atom. The van der Waals surface area contributed by atoms with Crippen molar-refractivity contribution in [3.8, 4) is 11.5 Å². The summed E-state index contributed by atoms with van der Waals surface area (Å²) in [6.45, 7) is 1.26. The third-order valence-corrected chi connectivity index (χ3v) is 4.21. The number of fused-ring (bicyclic) bond motifs is 3. The fourth-order valence-corrected chi connectivity index (χ4v) is 2.96. The lowest BCUT2D eigenvalue weighted by atomic mass is 10.1. The second-order valence-corrected chi connectivity index (χ2v) is 5.71. The Labute approximate surface area is 150 Å². The number of hydrogen-bond acceptors (Lipinski definition) is 7. The van der Waals surface area contributed by atoms with E-state index in [1.165, 1.54) is 6.20 Å². The van der Waals surface area contributed by atoms with Gasteiger partial charge in [0.1, 0.15) is 23.0 Å². The number of hydrogen-bond donors (Lipinski definition) is 1. The maximum atomic E-state index is 12.5. The number of carbonyl (C=O) groups excluding carboxylic acids is 1. The maximum Gasteiger partial charge on any atom is 0.259 e. The van der Waals surface area contributed by atoms with Gasteiger partial charge in [0.15, 0.2) is 0 Å². The highest BCUT2D eigenvalue weighted by Gasteiger charge is 2.32. The standard InChI is InChI=1S/C18H17N5O3/c1-25-12-8-13-15(14(9-12)26-2)21-18(23-7-6-20-16(13)23)22-17(24)11-4-3-5-19-10-11/h3-5,8-10H,6-7H2,1-2H3,(H,21,22,24). The zero-order valence-corrected chi connectivity index (χ0v) is 14.4. The molecule has 3 heterocycles. The van der Waals surface area contributed by atoms with E-state index in [2.05, 4.69) is 20.3 Å². The van der Waals surface area contributed by atoms with E-state index in [-0.39, 0.29) is 5.91 Å². The van der Waals surface area contributed by atoms with Gasteiger partial charge < -0.3 is 9.47 Å². The van der Waals surface area contributed by atoms with Crippen LogP contribution in [-0.4, -0.2) is 54.9 Å². The molecule has 1 aromatic heterocycles. The van der Waals surface area contributed by atoms with E-state index in [9.17, 15) is 4.79 Å². The van der Waals surface area contributed by atoms with Crippen molar-refractivity contribution in [2.24, 2.45) is 9.98 Å². The third-order valence-electron chi connectivity index (χ3n) is 4.21. The van der Waals surface area contributed by atoms with Gasteiger partial charge in [0.05, 0.1) is 31.9 Å². The smallest absolute Gasteiger partial charge is 0.259 e. The molecule has 0 atom stereocenters. The van der Waals surface area contributed by atoms with E-state index in [1.54, 1.807) is 38.6 Å². The molecule has 1 N–H and O–H groups in total. The van der Waals surface area contributed by atoms with Crippen LogP contribution >= 0.6 is 0 Å². The summed E-state index contributed by atoms with van der Waals surface area (Å²) in [6.07, 6.45) is 3.13. The van der Waals surface area contributed by atoms with Gasteiger partial charge in [-0.2, -0.15) is 0 Å². The van der Waals surface area contributed by atoms with Gasteiger partial charge in [0, 0.05) is 25.0 Å². The molecule has 0 spiro atoms. The second kappa shape index (κ2) is 6.47. The van der Waals surface area contributed by atoms with Crippen molar-refractivity contribution >= 4 is 23.4 Å². The SMILES string of the molecule is COc1cc(OC)c2c(c1)C1=NCCN1C(NC(=O)c1cccnc1)=N2. The molecule has 0 bridgehead atoms. The molecule has 2 aliphatic heterocycles. The van der Waals surface area contributed by atoms with Crippen LogP contribution in [0.2, 0.25) is 0 Å². The minimum Gasteiger partial charge on any atom is -0.497 e. The number of pyridine rings is 1. The average molecular weight is 351 g/mol. The van der Waals surface area contributed by atoms with Gasteiger partial charge in [-0.3, -0.25) is 25.0 Å². The van der Waals surface area contributed by atoms with Gasteiger partial charge in [-0.25, -0.2) is 4.99 Å². The minimum atomic E-state index is -0.279. The fraction of sp³-hybridized carbons (Fsp3) is 0.222. The number of amides is 1. The molecule has 0 unspecified atom stereocenters. The van der Waals surface area contributed by atoms with Gasteiger partial charge in [-0.1, -0.05) is 0 Å². The van der Waals surface area contributed by atoms with Gasteiger partial charge in [-0.05, 0) is 18.2 Å². The zero-order valence-electron chi connectivity index (χ0n) is 14.4. The molecule has 1 amide bonds. The van der Waals surface area contributed by atoms with Gasteiger partial charge in [0.2, 0.25) is 5.96 Å². The van der Waals surface area contributed by atoms with Crippen LogP contribution in [-0.2, 0) is 0 Å². The van der Waals surface area contributed by atoms with Crippen molar-refractivity contribution < 1.29 is 14.3 Å². The van der Waals surface area contributed by atoms with Crippen LogP contribution < -0.4 is 14.8 Å². The van der Waals surface area contributed by atoms with Gasteiger partial charge >= 0.3 is 0 Å². The molecule has 2 aromatic rings. The number of nitrogens with one attached hydrogen (secondary N) is 1. The Morgan fingerprint density at radius 2 is 2.15 bits per heavy atom. The van der Waals surface area contributed by atoms with Crippen molar-refractivity contribution in [3.05, 3.63) is 47.8 Å². The first-order valence-electron chi connectivity index (χ1n) is 8.09. The molecule has 0 fully saturated rings. The first-order chi connectivity index (χ1) is 12.7. The zero-order chi connectivity index (χ0) is 18.1. The average Bonchev–Trinajstić information content (AvgIpc) is 3.18. The van der Waals surface area contributed by atoms with Crippen molar-refractivity contribution in [1.29, 1.82) is 0 Å². The van der Waals surface area contributed by atoms with Crippen LogP contribution in [0.15, 0.2) is 46.6 Å². The van der Waals surface area contributed by atoms with E-state index in [0.717, 1.165) is 11.4 Å². The molecule has 0 saturated heterocycles. The van der Waals surface area contributed by atoms with Crippen molar-refractivity contribution in [2.75, 3.05) is 27.3 Å². The molecule has 132 valence electrons. The van der Waals surface area contributed by atoms with Gasteiger partial charge in [-0.15, -0.1) is 0 Å². The fourth-order valence-electron chi connectivity index (χ4n) is 2.96. The van der Waals surface area contributed by atoms with Crippen molar-refractivity contribution in [1.82, 2.24) is 15.2 Å². The first-order valence-corrected chi connectivity index (χ1v) is 8.09. The van der Waals surface area contributed by atoms with Crippen molar-refractivity contribution in [3.63, 3.8) is 0 Å². The number of benzene rings is 1. The van der Waals surface area contributed by atoms with E-state index >= 15 is 0 Å². The molecular weight excluding hydrogens is 334 g/mol. The molecule has 1 aromatic carbocycles. The number of ether oxygens (including phenoxy) is 2. The molecule has 8 nitrogen and oxygen atoms in total. The third kappa shape index (κ3) is 2.65. The molecule has 4 rings (SSSR count). The minimum absolute atomic E-state index is 0.279. The lowest BCUT2D eigenvalue weighted by molar-refractivity contribution is 0.0973. The Kier molecular flexibility index (Phi) is 4.00. The lowest BCUT2D eigenvalue weighted by Gasteiger charge is -2.28. The van der Waals surface area contributed by atoms with Crippen LogP contribution in [0.4, 0.5) is 5.69 Å². The van der Waals surface area contributed by atoms with E-state index in [4.69, 9.17) is 9.47 Å². The highest BCUT2D eigenvalue weighted by molar-refractivity contribution is 6.20. The number of amidine groups is 1. The number of aromatic nitrogens is 1.